The van der Waals surface area contributed by atoms with E-state index in [9.17, 15) is 0 Å². The van der Waals surface area contributed by atoms with Gasteiger partial charge in [-0.15, -0.1) is 0 Å². The Morgan fingerprint density at radius 1 is 1.20 bits per heavy atom. The van der Waals surface area contributed by atoms with Gasteiger partial charge >= 0.3 is 0 Å². The molecule has 0 unspecified atom stereocenters. The van der Waals surface area contributed by atoms with Crippen molar-refractivity contribution in [2.45, 2.75) is 19.8 Å². The number of nitriles is 1. The third-order valence-electron chi connectivity index (χ3n) is 2.46. The summed E-state index contributed by atoms with van der Waals surface area (Å²) < 4.78 is 10.9. The van der Waals surface area contributed by atoms with E-state index in [0.717, 1.165) is 11.3 Å². The molecule has 1 aromatic carbocycles. The lowest BCUT2D eigenvalue weighted by Gasteiger charge is -2.20. The molecule has 3 heteroatoms. The minimum Gasteiger partial charge on any atom is -0.486 e. The summed E-state index contributed by atoms with van der Waals surface area (Å²) in [4.78, 5) is 0. The fraction of sp³-hybridized carbons (Fsp3) is 0.417. The topological polar surface area (TPSA) is 42.2 Å². The van der Waals surface area contributed by atoms with E-state index in [4.69, 9.17) is 14.7 Å². The largest absolute Gasteiger partial charge is 0.486 e. The van der Waals surface area contributed by atoms with E-state index in [2.05, 4.69) is 19.9 Å². The molecule has 3 nitrogen and oxygen atoms in total. The summed E-state index contributed by atoms with van der Waals surface area (Å²) in [5.41, 5.74) is 1.69. The molecule has 0 N–H and O–H groups in total. The van der Waals surface area contributed by atoms with Crippen LogP contribution in [0.5, 0.6) is 11.5 Å². The molecular formula is C12H13NO2. The second kappa shape index (κ2) is 3.82. The molecule has 0 aliphatic carbocycles. The Kier molecular flexibility index (Phi) is 2.51. The van der Waals surface area contributed by atoms with Crippen molar-refractivity contribution in [3.63, 3.8) is 0 Å². The van der Waals surface area contributed by atoms with Gasteiger partial charge in [-0.2, -0.15) is 5.26 Å². The summed E-state index contributed by atoms with van der Waals surface area (Å²) in [6.45, 7) is 5.26. The van der Waals surface area contributed by atoms with Crippen molar-refractivity contribution in [1.82, 2.24) is 0 Å². The average molecular weight is 203 g/mol. The summed E-state index contributed by atoms with van der Waals surface area (Å²) in [6.07, 6.45) is 0. The fourth-order valence-corrected chi connectivity index (χ4v) is 1.68. The predicted molar refractivity (Wildman–Crippen MR) is 56.2 cm³/mol. The first kappa shape index (κ1) is 9.85. The van der Waals surface area contributed by atoms with Gasteiger partial charge in [0.25, 0.3) is 0 Å². The Morgan fingerprint density at radius 2 is 1.80 bits per heavy atom. The summed E-state index contributed by atoms with van der Waals surface area (Å²) in [7, 11) is 0. The van der Waals surface area contributed by atoms with Crippen LogP contribution < -0.4 is 9.47 Å². The Labute approximate surface area is 89.2 Å². The van der Waals surface area contributed by atoms with Crippen LogP contribution in [0.2, 0.25) is 0 Å². The summed E-state index contributed by atoms with van der Waals surface area (Å²) in [5.74, 6) is 1.75. The van der Waals surface area contributed by atoms with Crippen molar-refractivity contribution in [1.29, 1.82) is 5.26 Å². The zero-order valence-corrected chi connectivity index (χ0v) is 8.91. The van der Waals surface area contributed by atoms with E-state index >= 15 is 0 Å². The highest BCUT2D eigenvalue weighted by atomic mass is 16.6. The van der Waals surface area contributed by atoms with Crippen molar-refractivity contribution in [3.8, 4) is 17.6 Å². The summed E-state index contributed by atoms with van der Waals surface area (Å²) in [5, 5.41) is 9.02. The molecule has 0 amide bonds. The molecule has 1 heterocycles. The minimum absolute atomic E-state index is 0.315. The number of rotatable bonds is 1. The molecule has 0 saturated carbocycles. The number of fused-ring (bicyclic) bond motifs is 1. The lowest BCUT2D eigenvalue weighted by molar-refractivity contribution is 0.171. The van der Waals surface area contributed by atoms with Crippen molar-refractivity contribution >= 4 is 0 Å². The molecular weight excluding hydrogens is 190 g/mol. The van der Waals surface area contributed by atoms with Gasteiger partial charge in [-0.25, -0.2) is 0 Å². The van der Waals surface area contributed by atoms with E-state index in [1.807, 2.05) is 6.07 Å². The molecule has 1 aliphatic rings. The minimum atomic E-state index is 0.315. The van der Waals surface area contributed by atoms with E-state index in [1.54, 1.807) is 6.07 Å². The highest BCUT2D eigenvalue weighted by molar-refractivity contribution is 5.53. The third-order valence-corrected chi connectivity index (χ3v) is 2.46. The highest BCUT2D eigenvalue weighted by Gasteiger charge is 2.16. The van der Waals surface area contributed by atoms with Crippen LogP contribution in [0.15, 0.2) is 12.1 Å². The monoisotopic (exact) mass is 203 g/mol. The van der Waals surface area contributed by atoms with Gasteiger partial charge in [0.15, 0.2) is 11.5 Å². The van der Waals surface area contributed by atoms with Crippen LogP contribution in [0.4, 0.5) is 0 Å². The van der Waals surface area contributed by atoms with Crippen LogP contribution in [-0.4, -0.2) is 13.2 Å². The first-order valence-electron chi connectivity index (χ1n) is 5.06. The van der Waals surface area contributed by atoms with Crippen LogP contribution in [0, 0.1) is 11.3 Å². The highest BCUT2D eigenvalue weighted by Crippen LogP contribution is 2.35. The van der Waals surface area contributed by atoms with Gasteiger partial charge in [0.1, 0.15) is 13.2 Å². The maximum absolute atomic E-state index is 9.02. The number of ether oxygens (including phenoxy) is 2. The molecule has 15 heavy (non-hydrogen) atoms. The van der Waals surface area contributed by atoms with Crippen molar-refractivity contribution < 1.29 is 9.47 Å². The molecule has 2 rings (SSSR count). The molecule has 0 fully saturated rings. The number of hydrogen-bond acceptors (Lipinski definition) is 3. The molecule has 0 saturated heterocycles. The zero-order chi connectivity index (χ0) is 10.8. The van der Waals surface area contributed by atoms with Crippen LogP contribution in [0.25, 0.3) is 0 Å². The Hall–Kier alpha value is -1.69. The Morgan fingerprint density at radius 3 is 2.33 bits per heavy atom. The maximum atomic E-state index is 9.02. The van der Waals surface area contributed by atoms with Gasteiger partial charge in [0.2, 0.25) is 0 Å². The molecule has 0 aromatic heterocycles. The number of benzene rings is 1. The van der Waals surface area contributed by atoms with Crippen molar-refractivity contribution in [2.24, 2.45) is 0 Å². The maximum Gasteiger partial charge on any atom is 0.162 e. The van der Waals surface area contributed by atoms with Crippen LogP contribution >= 0.6 is 0 Å². The molecule has 1 aromatic rings. The number of nitrogens with zero attached hydrogens (tertiary/aromatic N) is 1. The van der Waals surface area contributed by atoms with Crippen LogP contribution in [-0.2, 0) is 0 Å². The third kappa shape index (κ3) is 1.75. The van der Waals surface area contributed by atoms with E-state index < -0.39 is 0 Å². The summed E-state index contributed by atoms with van der Waals surface area (Å²) in [6, 6.07) is 5.87. The Bertz CT molecular complexity index is 418. The average Bonchev–Trinajstić information content (AvgIpc) is 2.27. The van der Waals surface area contributed by atoms with Gasteiger partial charge in [0, 0.05) is 6.07 Å². The number of hydrogen-bond donors (Lipinski definition) is 0. The standard InChI is InChI=1S/C12H13NO2/c1-8(2)10-6-12-11(5-9(10)7-13)14-3-4-15-12/h5-6,8H,3-4H2,1-2H3. The normalized spacial score (nSPS) is 13.7. The van der Waals surface area contributed by atoms with Crippen molar-refractivity contribution in [2.75, 3.05) is 13.2 Å². The molecule has 0 atom stereocenters. The first-order chi connectivity index (χ1) is 7.22. The molecule has 1 aliphatic heterocycles. The first-order valence-corrected chi connectivity index (χ1v) is 5.06. The fourth-order valence-electron chi connectivity index (χ4n) is 1.68. The summed E-state index contributed by atoms with van der Waals surface area (Å²) >= 11 is 0. The van der Waals surface area contributed by atoms with Gasteiger partial charge in [0.05, 0.1) is 11.6 Å². The van der Waals surface area contributed by atoms with E-state index in [1.165, 1.54) is 0 Å². The smallest absolute Gasteiger partial charge is 0.162 e. The zero-order valence-electron chi connectivity index (χ0n) is 8.91. The lowest BCUT2D eigenvalue weighted by Crippen LogP contribution is -2.16. The quantitative estimate of drug-likeness (QED) is 0.704. The SMILES string of the molecule is CC(C)c1cc2c(cc1C#N)OCCO2. The van der Waals surface area contributed by atoms with E-state index in [-0.39, 0.29) is 0 Å². The van der Waals surface area contributed by atoms with Crippen molar-refractivity contribution in [3.05, 3.63) is 23.3 Å². The van der Waals surface area contributed by atoms with Gasteiger partial charge in [-0.3, -0.25) is 0 Å². The van der Waals surface area contributed by atoms with Gasteiger partial charge in [-0.05, 0) is 17.5 Å². The molecule has 0 radical (unpaired) electrons. The van der Waals surface area contributed by atoms with Crippen LogP contribution in [0.3, 0.4) is 0 Å². The van der Waals surface area contributed by atoms with E-state index in [0.29, 0.717) is 30.4 Å². The molecule has 78 valence electrons. The second-order valence-electron chi connectivity index (χ2n) is 3.85. The van der Waals surface area contributed by atoms with Gasteiger partial charge in [-0.1, -0.05) is 13.8 Å². The molecule has 0 spiro atoms. The second-order valence-corrected chi connectivity index (χ2v) is 3.85. The van der Waals surface area contributed by atoms with Gasteiger partial charge < -0.3 is 9.47 Å². The predicted octanol–water partition coefficient (Wildman–Crippen LogP) is 2.45. The van der Waals surface area contributed by atoms with Crippen LogP contribution in [0.1, 0.15) is 30.9 Å². The Balaban J connectivity index is 2.52. The lowest BCUT2D eigenvalue weighted by atomic mass is 9.97. The molecule has 0 bridgehead atoms.